The van der Waals surface area contributed by atoms with Crippen LogP contribution in [0.15, 0.2) is 30.5 Å². The number of carboxylic acids is 4. The van der Waals surface area contributed by atoms with Crippen molar-refractivity contribution in [3.8, 4) is 0 Å². The molecular formula is C25H30FN9O9. The smallest absolute Gasteiger partial charge is 0.326 e. The number of carbonyl (C=O) groups is 5. The number of nitrogens with one attached hydrogen (secondary N) is 2. The fourth-order valence-corrected chi connectivity index (χ4v) is 3.52. The van der Waals surface area contributed by atoms with Gasteiger partial charge in [0.2, 0.25) is 5.95 Å². The summed E-state index contributed by atoms with van der Waals surface area (Å²) in [7, 11) is 1.82. The van der Waals surface area contributed by atoms with Gasteiger partial charge in [-0.25, -0.2) is 14.8 Å². The number of rotatable bonds is 14. The number of nitrogen functional groups attached to an aromatic ring is 2. The van der Waals surface area contributed by atoms with E-state index in [-0.39, 0.29) is 43.0 Å². The summed E-state index contributed by atoms with van der Waals surface area (Å²) in [4.78, 5) is 72.6. The summed E-state index contributed by atoms with van der Waals surface area (Å²) in [5.41, 5.74) is 14.6. The van der Waals surface area contributed by atoms with Gasteiger partial charge in [-0.15, -0.1) is 10.0 Å². The van der Waals surface area contributed by atoms with Gasteiger partial charge in [0.25, 0.3) is 5.91 Å². The quantitative estimate of drug-likeness (QED) is 0.110. The molecule has 1 unspecified atom stereocenters. The molecule has 1 amide bonds. The second kappa shape index (κ2) is 16.1. The van der Waals surface area contributed by atoms with E-state index in [4.69, 9.17) is 26.8 Å². The van der Waals surface area contributed by atoms with Crippen molar-refractivity contribution in [1.82, 2.24) is 30.8 Å². The molecule has 1 aromatic carbocycles. The van der Waals surface area contributed by atoms with Crippen LogP contribution in [0.4, 0.5) is 21.9 Å². The highest BCUT2D eigenvalue weighted by atomic mass is 19.2. The van der Waals surface area contributed by atoms with Gasteiger partial charge in [0.15, 0.2) is 17.0 Å². The molecule has 0 saturated carbocycles. The number of nitrogens with zero attached hydrogens (tertiary/aromatic N) is 5. The highest BCUT2D eigenvalue weighted by Crippen LogP contribution is 2.19. The molecule has 0 aliphatic heterocycles. The predicted octanol–water partition coefficient (Wildman–Crippen LogP) is 0.0469. The van der Waals surface area contributed by atoms with Crippen molar-refractivity contribution >= 4 is 58.4 Å². The van der Waals surface area contributed by atoms with Crippen molar-refractivity contribution in [1.29, 1.82) is 0 Å². The molecule has 0 aliphatic carbocycles. The van der Waals surface area contributed by atoms with Gasteiger partial charge in [0.05, 0.1) is 18.4 Å². The summed E-state index contributed by atoms with van der Waals surface area (Å²) < 4.78 is 11.5. The van der Waals surface area contributed by atoms with Crippen molar-refractivity contribution in [3.63, 3.8) is 0 Å². The molecule has 3 aromatic rings. The molecule has 2 aromatic heterocycles. The highest BCUT2D eigenvalue weighted by molar-refractivity contribution is 5.97. The van der Waals surface area contributed by atoms with Crippen LogP contribution in [0.3, 0.4) is 0 Å². The summed E-state index contributed by atoms with van der Waals surface area (Å²) in [5.74, 6) is -5.45. The second-order valence-corrected chi connectivity index (χ2v) is 9.13. The van der Waals surface area contributed by atoms with Crippen LogP contribution >= 0.6 is 0 Å². The van der Waals surface area contributed by atoms with E-state index in [9.17, 15) is 33.6 Å². The maximum absolute atomic E-state index is 12.4. The number of hydrogen-bond acceptors (Lipinski definition) is 13. The van der Waals surface area contributed by atoms with Crippen LogP contribution in [0.1, 0.15) is 41.7 Å². The lowest BCUT2D eigenvalue weighted by Gasteiger charge is -2.19. The normalized spacial score (nSPS) is 11.9. The first-order valence-electron chi connectivity index (χ1n) is 12.6. The first kappa shape index (κ1) is 34.5. The Morgan fingerprint density at radius 1 is 0.886 bits per heavy atom. The molecule has 0 aliphatic rings. The molecule has 18 nitrogen and oxygen atoms in total. The number of hydrogen-bond donors (Lipinski definition) is 8. The van der Waals surface area contributed by atoms with Gasteiger partial charge in [-0.2, -0.15) is 9.97 Å². The van der Waals surface area contributed by atoms with E-state index < -0.39 is 41.9 Å². The van der Waals surface area contributed by atoms with Crippen molar-refractivity contribution in [2.75, 3.05) is 23.4 Å². The number of fused-ring (bicyclic) bond motifs is 1. The van der Waals surface area contributed by atoms with Gasteiger partial charge in [-0.3, -0.25) is 19.2 Å². The summed E-state index contributed by atoms with van der Waals surface area (Å²) in [6, 6.07) is 3.74. The predicted molar refractivity (Wildman–Crippen MR) is 151 cm³/mol. The summed E-state index contributed by atoms with van der Waals surface area (Å²) in [6.07, 6.45) is 0.334. The Morgan fingerprint density at radius 3 is 1.98 bits per heavy atom. The Hall–Kier alpha value is -5.72. The lowest BCUT2D eigenvalue weighted by atomic mass is 10.1. The van der Waals surface area contributed by atoms with E-state index >= 15 is 0 Å². The molecule has 0 saturated heterocycles. The average Bonchev–Trinajstić information content (AvgIpc) is 2.95. The van der Waals surface area contributed by atoms with Gasteiger partial charge in [-0.1, -0.05) is 0 Å². The molecule has 236 valence electrons. The molecule has 10 N–H and O–H groups in total. The van der Waals surface area contributed by atoms with E-state index in [1.807, 2.05) is 11.9 Å². The zero-order valence-electron chi connectivity index (χ0n) is 23.2. The number of carboxylic acid groups (broad SMARTS) is 4. The van der Waals surface area contributed by atoms with Crippen LogP contribution in [0.2, 0.25) is 0 Å². The Balaban J connectivity index is 0.000000523. The van der Waals surface area contributed by atoms with Crippen LogP contribution in [0.25, 0.3) is 11.2 Å². The summed E-state index contributed by atoms with van der Waals surface area (Å²) >= 11 is 0. The molecular weight excluding hydrogens is 589 g/mol. The number of benzene rings is 1. The monoisotopic (exact) mass is 619 g/mol. The number of amides is 1. The van der Waals surface area contributed by atoms with Crippen molar-refractivity contribution in [3.05, 3.63) is 41.7 Å². The molecule has 0 radical (unpaired) electrons. The van der Waals surface area contributed by atoms with Crippen LogP contribution in [-0.2, 0) is 25.7 Å². The second-order valence-electron chi connectivity index (χ2n) is 9.13. The third kappa shape index (κ3) is 10.6. The van der Waals surface area contributed by atoms with E-state index in [2.05, 4.69) is 25.3 Å². The maximum Gasteiger partial charge on any atom is 0.326 e. The molecule has 44 heavy (non-hydrogen) atoms. The van der Waals surface area contributed by atoms with Gasteiger partial charge in [-0.05, 0) is 37.1 Å². The Kier molecular flexibility index (Phi) is 12.6. The number of aliphatic carboxylic acids is 4. The molecule has 0 bridgehead atoms. The van der Waals surface area contributed by atoms with E-state index in [1.165, 1.54) is 12.1 Å². The van der Waals surface area contributed by atoms with Crippen LogP contribution in [0.5, 0.6) is 0 Å². The minimum Gasteiger partial charge on any atom is -0.481 e. The zero-order valence-corrected chi connectivity index (χ0v) is 23.2. The molecule has 3 rings (SSSR count). The fourth-order valence-electron chi connectivity index (χ4n) is 3.52. The number of nitrogens with two attached hydrogens (primary N) is 2. The number of anilines is 3. The van der Waals surface area contributed by atoms with Crippen LogP contribution in [-0.4, -0.2) is 89.3 Å². The average molecular weight is 620 g/mol. The van der Waals surface area contributed by atoms with E-state index in [1.54, 1.807) is 18.3 Å². The Bertz CT molecular complexity index is 1510. The lowest BCUT2D eigenvalue weighted by Crippen LogP contribution is -2.41. The highest BCUT2D eigenvalue weighted by Gasteiger charge is 2.22. The van der Waals surface area contributed by atoms with Crippen molar-refractivity contribution in [2.45, 2.75) is 44.3 Å². The minimum absolute atomic E-state index is 0.0138. The first-order valence-corrected chi connectivity index (χ1v) is 12.6. The molecule has 2 heterocycles. The Labute approximate surface area is 247 Å². The van der Waals surface area contributed by atoms with Gasteiger partial charge in [0.1, 0.15) is 12.1 Å². The molecule has 0 spiro atoms. The minimum atomic E-state index is -1.42. The van der Waals surface area contributed by atoms with Gasteiger partial charge in [0, 0.05) is 31.1 Å². The van der Waals surface area contributed by atoms with Crippen LogP contribution in [0, 0.1) is 0 Å². The molecule has 2 atom stereocenters. The molecule has 19 heteroatoms. The van der Waals surface area contributed by atoms with Crippen molar-refractivity contribution in [2.24, 2.45) is 0 Å². The third-order valence-electron chi connectivity index (χ3n) is 5.80. The van der Waals surface area contributed by atoms with Crippen molar-refractivity contribution < 1.29 is 48.9 Å². The largest absolute Gasteiger partial charge is 0.481 e. The third-order valence-corrected chi connectivity index (χ3v) is 5.80. The molecule has 0 fully saturated rings. The standard InChI is InChI=1S/C20H22N8O5.C5H8FNO4/c1-28(9-11-8-23-17-15(24-11)16(21)26-20(22)27-17)12-4-2-10(3-5-12)18(31)25-13(19(32)33)6-7-14(29)30;6-7-3(5(10)11)1-2-4(8)9/h2-5,8,13H,6-7,9H2,1H3,(H,25,31)(H,29,30)(H,32,33)(H4,21,22,23,26,27);3,7H,1-2H2,(H,8,9)(H,10,11)/t13-;/m0./s1. The maximum atomic E-state index is 12.4. The first-order chi connectivity index (χ1) is 20.7. The summed E-state index contributed by atoms with van der Waals surface area (Å²) in [6.45, 7) is 0.370. The SMILES string of the molecule is CN(Cc1cnc2nc(N)nc(N)c2n1)c1ccc(C(=O)N[C@@H](CCC(=O)O)C(=O)O)cc1.O=C(O)CCC(NF)C(=O)O. The zero-order chi connectivity index (χ0) is 33.0. The number of carbonyl (C=O) groups excluding carboxylic acids is 1. The van der Waals surface area contributed by atoms with Gasteiger partial charge < -0.3 is 42.1 Å². The lowest BCUT2D eigenvalue weighted by molar-refractivity contribution is -0.143. The van der Waals surface area contributed by atoms with Gasteiger partial charge >= 0.3 is 23.9 Å². The van der Waals surface area contributed by atoms with E-state index in [0.29, 0.717) is 23.4 Å². The van der Waals surface area contributed by atoms with E-state index in [0.717, 1.165) is 11.2 Å². The topological polar surface area (TPSA) is 297 Å². The number of halogens is 1. The Morgan fingerprint density at radius 2 is 1.45 bits per heavy atom. The number of aromatic nitrogens is 4. The summed E-state index contributed by atoms with van der Waals surface area (Å²) in [5, 5.41) is 36.5. The van der Waals surface area contributed by atoms with Crippen LogP contribution < -0.4 is 27.2 Å². The fraction of sp³-hybridized carbons (Fsp3) is 0.320.